The van der Waals surface area contributed by atoms with Crippen molar-refractivity contribution < 1.29 is 63.2 Å². The molecule has 2 aromatic carbocycles. The maximum absolute atomic E-state index is 15.2. The molecule has 71 heavy (non-hydrogen) atoms. The van der Waals surface area contributed by atoms with Gasteiger partial charge in [-0.3, -0.25) is 38.4 Å². The highest BCUT2D eigenvalue weighted by atomic mass is 16.5. The Morgan fingerprint density at radius 2 is 1.51 bits per heavy atom. The summed E-state index contributed by atoms with van der Waals surface area (Å²) in [6.45, 7) is 9.75. The highest BCUT2D eigenvalue weighted by molar-refractivity contribution is 5.99. The molecular formula is C51H63N7O13. The van der Waals surface area contributed by atoms with Crippen LogP contribution >= 0.6 is 0 Å². The van der Waals surface area contributed by atoms with E-state index in [4.69, 9.17) is 9.72 Å². The predicted molar refractivity (Wildman–Crippen MR) is 257 cm³/mol. The van der Waals surface area contributed by atoms with Gasteiger partial charge in [-0.1, -0.05) is 88.6 Å². The fraction of sp³-hybridized carbons (Fsp3) is 0.490. The van der Waals surface area contributed by atoms with Crippen LogP contribution < -0.4 is 31.3 Å². The third-order valence-corrected chi connectivity index (χ3v) is 13.4. The Bertz CT molecular complexity index is 2530. The lowest BCUT2D eigenvalue weighted by molar-refractivity contribution is -0.147. The van der Waals surface area contributed by atoms with Crippen molar-refractivity contribution in [3.63, 3.8) is 0 Å². The number of likely N-dealkylation sites (tertiary alicyclic amines) is 1. The lowest BCUT2D eigenvalue weighted by Gasteiger charge is -2.38. The normalized spacial score (nSPS) is 21.6. The number of carboxylic acid groups (broad SMARTS) is 3. The van der Waals surface area contributed by atoms with Crippen LogP contribution in [0, 0.1) is 17.3 Å². The number of fused-ring (bicyclic) bond motifs is 1. The molecule has 380 valence electrons. The molecule has 8 N–H and O–H groups in total. The highest BCUT2D eigenvalue weighted by Gasteiger charge is 2.61. The maximum atomic E-state index is 15.2. The van der Waals surface area contributed by atoms with Gasteiger partial charge in [-0.2, -0.15) is 0 Å². The lowest BCUT2D eigenvalue weighted by Crippen LogP contribution is -2.63. The number of rotatable bonds is 21. The summed E-state index contributed by atoms with van der Waals surface area (Å²) in [7, 11) is 0. The Kier molecular flexibility index (Phi) is 16.8. The van der Waals surface area contributed by atoms with Crippen LogP contribution in [0.4, 0.5) is 0 Å². The van der Waals surface area contributed by atoms with Gasteiger partial charge in [0.05, 0.1) is 24.2 Å². The quantitative estimate of drug-likeness (QED) is 0.0711. The molecule has 20 heteroatoms. The summed E-state index contributed by atoms with van der Waals surface area (Å²) in [5.74, 6) is -9.56. The monoisotopic (exact) mass is 981 g/mol. The van der Waals surface area contributed by atoms with Gasteiger partial charge in [-0.25, -0.2) is 9.78 Å². The number of ether oxygens (including phenoxy) is 1. The average molecular weight is 982 g/mol. The van der Waals surface area contributed by atoms with Gasteiger partial charge < -0.3 is 51.5 Å². The summed E-state index contributed by atoms with van der Waals surface area (Å²) >= 11 is 0. The minimum absolute atomic E-state index is 0.0619. The molecule has 1 aliphatic heterocycles. The second-order valence-electron chi connectivity index (χ2n) is 19.7. The van der Waals surface area contributed by atoms with Crippen LogP contribution in [0.2, 0.25) is 0 Å². The number of hydrogen-bond donors (Lipinski definition) is 8. The number of carbonyl (C=O) groups excluding carboxylic acids is 6. The van der Waals surface area contributed by atoms with E-state index in [1.54, 1.807) is 26.8 Å². The van der Waals surface area contributed by atoms with E-state index in [0.717, 1.165) is 18.9 Å². The predicted octanol–water partition coefficient (Wildman–Crippen LogP) is 3.32. The van der Waals surface area contributed by atoms with Gasteiger partial charge in [0, 0.05) is 42.7 Å². The van der Waals surface area contributed by atoms with E-state index < -0.39 is 132 Å². The highest BCUT2D eigenvalue weighted by Crippen LogP contribution is 2.45. The van der Waals surface area contributed by atoms with Crippen molar-refractivity contribution in [2.75, 3.05) is 6.54 Å². The average Bonchev–Trinajstić information content (AvgIpc) is 3.89. The maximum Gasteiger partial charge on any atom is 0.330 e. The lowest BCUT2D eigenvalue weighted by atomic mass is 9.82. The Hall–Kier alpha value is -7.38. The zero-order valence-electron chi connectivity index (χ0n) is 40.3. The molecule has 1 aromatic heterocycles. The smallest absolute Gasteiger partial charge is 0.330 e. The number of amides is 6. The number of hydrogen-bond acceptors (Lipinski definition) is 11. The van der Waals surface area contributed by atoms with Crippen LogP contribution in [0.3, 0.4) is 0 Å². The zero-order chi connectivity index (χ0) is 51.8. The van der Waals surface area contributed by atoms with Gasteiger partial charge in [0.2, 0.25) is 35.4 Å². The minimum Gasteiger partial charge on any atom is -0.488 e. The Morgan fingerprint density at radius 1 is 0.845 bits per heavy atom. The first kappa shape index (κ1) is 53.0. The second-order valence-corrected chi connectivity index (χ2v) is 19.7. The molecule has 8 atom stereocenters. The molecule has 20 nitrogen and oxygen atoms in total. The van der Waals surface area contributed by atoms with Gasteiger partial charge in [-0.15, -0.1) is 6.58 Å². The zero-order valence-corrected chi connectivity index (χ0v) is 40.3. The minimum atomic E-state index is -1.63. The van der Waals surface area contributed by atoms with Crippen molar-refractivity contribution in [3.05, 3.63) is 73.3 Å². The molecule has 2 heterocycles. The summed E-state index contributed by atoms with van der Waals surface area (Å²) in [4.78, 5) is 126. The fourth-order valence-corrected chi connectivity index (χ4v) is 9.47. The molecular weight excluding hydrogens is 919 g/mol. The number of carbonyl (C=O) groups is 9. The number of aliphatic carboxylic acids is 3. The topological polar surface area (TPSA) is 300 Å². The first-order valence-electron chi connectivity index (χ1n) is 23.8. The number of pyridine rings is 1. The van der Waals surface area contributed by atoms with Gasteiger partial charge >= 0.3 is 17.9 Å². The van der Waals surface area contributed by atoms with Crippen molar-refractivity contribution >= 4 is 64.3 Å². The van der Waals surface area contributed by atoms with Gasteiger partial charge in [-0.05, 0) is 49.1 Å². The molecule has 6 amide bonds. The van der Waals surface area contributed by atoms with E-state index >= 15 is 4.79 Å². The molecule has 2 saturated carbocycles. The van der Waals surface area contributed by atoms with E-state index in [9.17, 15) is 53.7 Å². The molecule has 3 aromatic rings. The van der Waals surface area contributed by atoms with E-state index in [-0.39, 0.29) is 19.4 Å². The van der Waals surface area contributed by atoms with Crippen molar-refractivity contribution in [2.24, 2.45) is 17.3 Å². The standard InChI is InChI=1S/C51H63N7O13/c1-6-31-26-51(31,49(69)70)57-46(66)38-23-32(71-39-24-36(29-15-9-7-10-16-29)53-34-20-14-13-19-33(34)39)27-58(38)48(68)43(50(3,4)5)56-47(67)42(30-17-11-8-12-18-30)55-44(64)35(21-22-40(60)61)54-45(65)37(25-41(62)63)52-28(2)59/h6-7,9-10,13-16,19-20,24,30-32,35,37-38,42-43H,1,8,11-12,17-18,21-23,25-27H2,2-5H3,(H,52,59)(H,54,65)(H,55,64)(H,56,67)(H,57,66)(H,60,61)(H,62,63)(H,69,70)/t31?,32-,35-,37+,38+,42+,43-,51-/m1/s1. The van der Waals surface area contributed by atoms with E-state index in [0.29, 0.717) is 48.0 Å². The van der Waals surface area contributed by atoms with Crippen molar-refractivity contribution in [2.45, 2.75) is 134 Å². The molecule has 1 unspecified atom stereocenters. The van der Waals surface area contributed by atoms with Crippen LogP contribution in [0.1, 0.15) is 91.9 Å². The third-order valence-electron chi connectivity index (χ3n) is 13.4. The number of nitrogens with zero attached hydrogens (tertiary/aromatic N) is 2. The SMILES string of the molecule is C=CC1C[C@]1(NC(=O)[C@@H]1C[C@@H](Oc2cc(-c3ccccc3)nc3ccccc23)CN1C(=O)[C@@H](NC(=O)[C@@H](NC(=O)[C@@H](CCC(=O)O)NC(=O)[C@H](CC(=O)O)NC(C)=O)C1CCCCC1)C(C)(C)C)C(=O)O. The first-order valence-corrected chi connectivity index (χ1v) is 23.8. The largest absolute Gasteiger partial charge is 0.488 e. The number of aromatic nitrogens is 1. The molecule has 0 radical (unpaired) electrons. The molecule has 3 aliphatic rings. The molecule has 3 fully saturated rings. The summed E-state index contributed by atoms with van der Waals surface area (Å²) in [5.41, 5.74) is -0.612. The first-order chi connectivity index (χ1) is 33.6. The Labute approximate surface area is 410 Å². The Morgan fingerprint density at radius 3 is 2.11 bits per heavy atom. The summed E-state index contributed by atoms with van der Waals surface area (Å²) in [6.07, 6.45) is 2.00. The van der Waals surface area contributed by atoms with Crippen molar-refractivity contribution in [1.29, 1.82) is 0 Å². The number of benzene rings is 2. The fourth-order valence-electron chi connectivity index (χ4n) is 9.47. The van der Waals surface area contributed by atoms with Crippen molar-refractivity contribution in [1.82, 2.24) is 36.5 Å². The van der Waals surface area contributed by atoms with Crippen LogP contribution in [-0.2, 0) is 43.2 Å². The summed E-state index contributed by atoms with van der Waals surface area (Å²) in [5, 5.41) is 42.7. The molecule has 1 saturated heterocycles. The number of nitrogens with one attached hydrogen (secondary N) is 5. The Balaban J connectivity index is 1.31. The number of carboxylic acids is 3. The van der Waals surface area contributed by atoms with Crippen LogP contribution in [0.5, 0.6) is 5.75 Å². The van der Waals surface area contributed by atoms with Crippen molar-refractivity contribution in [3.8, 4) is 17.0 Å². The third kappa shape index (κ3) is 13.1. The molecule has 0 bridgehead atoms. The summed E-state index contributed by atoms with van der Waals surface area (Å²) in [6, 6.07) is 11.4. The van der Waals surface area contributed by atoms with E-state index in [2.05, 4.69) is 33.2 Å². The van der Waals surface area contributed by atoms with Gasteiger partial charge in [0.1, 0.15) is 47.6 Å². The number of para-hydroxylation sites is 1. The van der Waals surface area contributed by atoms with Gasteiger partial charge in [0.25, 0.3) is 0 Å². The van der Waals surface area contributed by atoms with Gasteiger partial charge in [0.15, 0.2) is 0 Å². The van der Waals surface area contributed by atoms with Crippen LogP contribution in [0.25, 0.3) is 22.2 Å². The molecule has 0 spiro atoms. The summed E-state index contributed by atoms with van der Waals surface area (Å²) < 4.78 is 6.69. The van der Waals surface area contributed by atoms with Crippen LogP contribution in [-0.4, -0.2) is 127 Å². The van der Waals surface area contributed by atoms with E-state index in [1.165, 1.54) is 11.0 Å². The van der Waals surface area contributed by atoms with Crippen LogP contribution in [0.15, 0.2) is 73.3 Å². The second kappa shape index (κ2) is 22.6. The molecule has 6 rings (SSSR count). The van der Waals surface area contributed by atoms with E-state index in [1.807, 2.05) is 54.6 Å². The molecule has 2 aliphatic carbocycles.